The topological polar surface area (TPSA) is 3.24 Å². The van der Waals surface area contributed by atoms with E-state index in [1.165, 1.54) is 127 Å². The van der Waals surface area contributed by atoms with Crippen LogP contribution in [0.5, 0.6) is 0 Å². The molecular weight excluding hydrogens is 843 g/mol. The van der Waals surface area contributed by atoms with E-state index >= 15 is 0 Å². The summed E-state index contributed by atoms with van der Waals surface area (Å²) in [5.74, 6) is 2.86. The van der Waals surface area contributed by atoms with Crippen LogP contribution in [0.15, 0.2) is 218 Å². The average molecular weight is 900 g/mol. The molecule has 10 aromatic rings. The quantitative estimate of drug-likeness (QED) is 0.147. The van der Waals surface area contributed by atoms with E-state index in [9.17, 15) is 0 Å². The zero-order valence-electron chi connectivity index (χ0n) is 40.2. The lowest BCUT2D eigenvalue weighted by atomic mass is 9.48. The van der Waals surface area contributed by atoms with Crippen molar-refractivity contribution in [3.05, 3.63) is 235 Å². The number of hydrogen-bond acceptors (Lipinski definition) is 1. The van der Waals surface area contributed by atoms with Gasteiger partial charge in [-0.15, -0.1) is 0 Å². The predicted molar refractivity (Wildman–Crippen MR) is 295 cm³/mol. The predicted octanol–water partition coefficient (Wildman–Crippen LogP) is 18.9. The van der Waals surface area contributed by atoms with Gasteiger partial charge in [-0.2, -0.15) is 0 Å². The summed E-state index contributed by atoms with van der Waals surface area (Å²) < 4.78 is 0. The maximum absolute atomic E-state index is 2.50. The zero-order chi connectivity index (χ0) is 46.6. The molecule has 5 aliphatic carbocycles. The molecule has 0 unspecified atom stereocenters. The Balaban J connectivity index is 0.880. The highest BCUT2D eigenvalue weighted by molar-refractivity contribution is 5.98. The molecule has 1 heteroatoms. The molecule has 0 aliphatic heterocycles. The van der Waals surface area contributed by atoms with E-state index < -0.39 is 0 Å². The van der Waals surface area contributed by atoms with E-state index in [0.29, 0.717) is 5.41 Å². The molecule has 0 saturated heterocycles. The van der Waals surface area contributed by atoms with Crippen molar-refractivity contribution in [3.63, 3.8) is 0 Å². The monoisotopic (exact) mass is 899 g/mol. The first-order chi connectivity index (χ1) is 34.3. The molecule has 0 heterocycles. The largest absolute Gasteiger partial charge is 0.310 e. The van der Waals surface area contributed by atoms with Gasteiger partial charge < -0.3 is 4.90 Å². The van der Waals surface area contributed by atoms with Gasteiger partial charge in [-0.25, -0.2) is 0 Å². The summed E-state index contributed by atoms with van der Waals surface area (Å²) in [6.07, 6.45) is 8.67. The Labute approximate surface area is 413 Å². The van der Waals surface area contributed by atoms with Crippen LogP contribution in [0.1, 0.15) is 69.1 Å². The molecule has 70 heavy (non-hydrogen) atoms. The summed E-state index contributed by atoms with van der Waals surface area (Å²) in [4.78, 5) is 2.50. The van der Waals surface area contributed by atoms with E-state index in [1.807, 2.05) is 0 Å². The van der Waals surface area contributed by atoms with Crippen LogP contribution in [-0.4, -0.2) is 0 Å². The fourth-order valence-electron chi connectivity index (χ4n) is 14.4. The highest BCUT2D eigenvalue weighted by Crippen LogP contribution is 2.61. The zero-order valence-corrected chi connectivity index (χ0v) is 40.2. The molecule has 0 N–H and O–H groups in total. The van der Waals surface area contributed by atoms with Gasteiger partial charge in [-0.1, -0.05) is 190 Å². The minimum Gasteiger partial charge on any atom is -0.310 e. The normalized spacial score (nSPS) is 20.4. The molecule has 4 fully saturated rings. The summed E-state index contributed by atoms with van der Waals surface area (Å²) in [5, 5.41) is 5.00. The van der Waals surface area contributed by atoms with Gasteiger partial charge in [0.25, 0.3) is 0 Å². The minimum absolute atomic E-state index is 0.139. The van der Waals surface area contributed by atoms with Crippen LogP contribution < -0.4 is 4.90 Å². The van der Waals surface area contributed by atoms with Gasteiger partial charge in [0.2, 0.25) is 0 Å². The lowest BCUT2D eigenvalue weighted by Crippen LogP contribution is -2.48. The average Bonchev–Trinajstić information content (AvgIpc) is 3.63. The highest BCUT2D eigenvalue weighted by Gasteiger charge is 2.51. The van der Waals surface area contributed by atoms with Crippen LogP contribution in [0.3, 0.4) is 0 Å². The number of hydrogen-bond donors (Lipinski definition) is 0. The summed E-state index contributed by atoms with van der Waals surface area (Å²) in [6, 6.07) is 82.6. The summed E-state index contributed by atoms with van der Waals surface area (Å²) >= 11 is 0. The molecular formula is C69H57N. The van der Waals surface area contributed by atoms with Gasteiger partial charge in [-0.05, 0) is 192 Å². The van der Waals surface area contributed by atoms with Crippen molar-refractivity contribution in [3.8, 4) is 55.6 Å². The first-order valence-electron chi connectivity index (χ1n) is 25.8. The van der Waals surface area contributed by atoms with Crippen molar-refractivity contribution >= 4 is 38.6 Å². The van der Waals surface area contributed by atoms with E-state index in [2.05, 4.69) is 237 Å². The van der Waals surface area contributed by atoms with Gasteiger partial charge in [-0.3, -0.25) is 0 Å². The second-order valence-corrected chi connectivity index (χ2v) is 22.0. The lowest BCUT2D eigenvalue weighted by molar-refractivity contribution is -0.00518. The van der Waals surface area contributed by atoms with Crippen molar-refractivity contribution < 1.29 is 0 Å². The second kappa shape index (κ2) is 16.0. The van der Waals surface area contributed by atoms with Crippen LogP contribution in [0, 0.1) is 17.8 Å². The summed E-state index contributed by atoms with van der Waals surface area (Å²) in [5.41, 5.74) is 20.5. The summed E-state index contributed by atoms with van der Waals surface area (Å²) in [6.45, 7) is 4.76. The van der Waals surface area contributed by atoms with Crippen LogP contribution in [-0.2, 0) is 10.8 Å². The number of anilines is 3. The molecule has 4 saturated carbocycles. The first-order valence-corrected chi connectivity index (χ1v) is 25.8. The maximum atomic E-state index is 2.50. The van der Waals surface area contributed by atoms with Crippen LogP contribution in [0.4, 0.5) is 17.1 Å². The Morgan fingerprint density at radius 1 is 0.357 bits per heavy atom. The number of rotatable bonds is 8. The van der Waals surface area contributed by atoms with Gasteiger partial charge in [0.05, 0.1) is 5.69 Å². The molecule has 0 amide bonds. The molecule has 0 spiro atoms. The Morgan fingerprint density at radius 3 is 1.64 bits per heavy atom. The minimum atomic E-state index is -0.139. The third-order valence-corrected chi connectivity index (χ3v) is 17.4. The van der Waals surface area contributed by atoms with E-state index in [0.717, 1.165) is 34.8 Å². The van der Waals surface area contributed by atoms with Crippen molar-refractivity contribution in [1.82, 2.24) is 0 Å². The number of fused-ring (bicyclic) bond motifs is 5. The SMILES string of the molecule is CC1(C)c2ccccc2-c2ccc(N(c3ccc(-c4cccc5ccccc45)cc3)c3ccc(-c4ccc(-c5ccc(C67CC8CC(CC(C8)C6)C7)cc5)cc4)cc3-c3ccc4ccccc4c3)cc21. The van der Waals surface area contributed by atoms with Crippen molar-refractivity contribution in [2.75, 3.05) is 4.90 Å². The Hall–Kier alpha value is -7.48. The first kappa shape index (κ1) is 41.5. The highest BCUT2D eigenvalue weighted by atomic mass is 15.1. The third kappa shape index (κ3) is 6.80. The van der Waals surface area contributed by atoms with Gasteiger partial charge >= 0.3 is 0 Å². The Kier molecular flexibility index (Phi) is 9.51. The molecule has 5 aliphatic rings. The van der Waals surface area contributed by atoms with E-state index in [-0.39, 0.29) is 5.41 Å². The Bertz CT molecular complexity index is 3610. The standard InChI is InChI=1S/C69H57N/c1-68(2)65-17-8-7-15-62(65)63-34-33-59(41-66(63)68)70(58-31-26-53(27-32-58)61-16-9-13-52-11-5-6-14-60(52)61)67-35-28-55(40-64(67)56-23-22-48-10-3-4-12-54(48)39-56)51-20-18-49(19-21-51)50-24-29-57(30-25-50)69-42-45-36-46(43-69)38-47(37-45)44-69/h3-35,39-41,45-47H,36-38,42-44H2,1-2H3. The smallest absolute Gasteiger partial charge is 0.0540 e. The summed E-state index contributed by atoms with van der Waals surface area (Å²) in [7, 11) is 0. The number of benzene rings is 10. The van der Waals surface area contributed by atoms with Crippen molar-refractivity contribution in [2.45, 2.75) is 63.2 Å². The molecule has 1 nitrogen and oxygen atoms in total. The molecule has 0 radical (unpaired) electrons. The molecule has 0 aromatic heterocycles. The molecule has 15 rings (SSSR count). The fourth-order valence-corrected chi connectivity index (χ4v) is 14.4. The third-order valence-electron chi connectivity index (χ3n) is 17.4. The van der Waals surface area contributed by atoms with Gasteiger partial charge in [0, 0.05) is 22.4 Å². The van der Waals surface area contributed by atoms with Crippen LogP contribution in [0.2, 0.25) is 0 Å². The fraction of sp³-hybridized carbons (Fsp3) is 0.188. The van der Waals surface area contributed by atoms with Gasteiger partial charge in [0.1, 0.15) is 0 Å². The van der Waals surface area contributed by atoms with Crippen molar-refractivity contribution in [2.24, 2.45) is 17.8 Å². The van der Waals surface area contributed by atoms with Crippen molar-refractivity contribution in [1.29, 1.82) is 0 Å². The molecule has 4 bridgehead atoms. The second-order valence-electron chi connectivity index (χ2n) is 22.0. The number of nitrogens with zero attached hydrogens (tertiary/aromatic N) is 1. The van der Waals surface area contributed by atoms with E-state index in [4.69, 9.17) is 0 Å². The maximum Gasteiger partial charge on any atom is 0.0540 e. The van der Waals surface area contributed by atoms with Crippen LogP contribution >= 0.6 is 0 Å². The Morgan fingerprint density at radius 2 is 0.900 bits per heavy atom. The van der Waals surface area contributed by atoms with Gasteiger partial charge in [0.15, 0.2) is 0 Å². The van der Waals surface area contributed by atoms with E-state index in [1.54, 1.807) is 5.56 Å². The molecule has 10 aromatic carbocycles. The molecule has 338 valence electrons. The lowest BCUT2D eigenvalue weighted by Gasteiger charge is -2.57. The van der Waals surface area contributed by atoms with Crippen LogP contribution in [0.25, 0.3) is 77.2 Å². The molecule has 0 atom stereocenters.